The Labute approximate surface area is 96.8 Å². The van der Waals surface area contributed by atoms with Gasteiger partial charge in [-0.25, -0.2) is 4.98 Å². The predicted molar refractivity (Wildman–Crippen MR) is 63.4 cm³/mol. The van der Waals surface area contributed by atoms with E-state index in [0.717, 1.165) is 30.5 Å². The molecule has 2 rings (SSSR count). The summed E-state index contributed by atoms with van der Waals surface area (Å²) in [4.78, 5) is 7.53. The molecule has 14 heavy (non-hydrogen) atoms. The first-order valence-corrected chi connectivity index (χ1v) is 6.70. The van der Waals surface area contributed by atoms with Gasteiger partial charge >= 0.3 is 0 Å². The highest BCUT2D eigenvalue weighted by molar-refractivity contribution is 9.09. The number of aryl methyl sites for hydroxylation is 1. The Morgan fingerprint density at radius 2 is 2.21 bits per heavy atom. The van der Waals surface area contributed by atoms with Crippen LogP contribution in [0.1, 0.15) is 25.6 Å². The monoisotopic (exact) mass is 275 g/mol. The third kappa shape index (κ3) is 2.25. The molecule has 0 aliphatic carbocycles. The highest BCUT2D eigenvalue weighted by Crippen LogP contribution is 2.24. The first kappa shape index (κ1) is 10.4. The summed E-state index contributed by atoms with van der Waals surface area (Å²) in [5, 5.41) is 1.10. The van der Waals surface area contributed by atoms with Crippen LogP contribution in [-0.4, -0.2) is 27.3 Å². The van der Waals surface area contributed by atoms with Crippen molar-refractivity contribution in [1.29, 1.82) is 0 Å². The van der Waals surface area contributed by atoms with Crippen LogP contribution in [0.5, 0.6) is 0 Å². The van der Waals surface area contributed by atoms with Crippen molar-refractivity contribution in [1.82, 2.24) is 9.36 Å². The molecule has 2 heterocycles. The molecule has 1 aromatic rings. The topological polar surface area (TPSA) is 29.0 Å². The van der Waals surface area contributed by atoms with Crippen LogP contribution in [0, 0.1) is 0 Å². The van der Waals surface area contributed by atoms with Crippen molar-refractivity contribution < 1.29 is 0 Å². The number of hydrogen-bond acceptors (Lipinski definition) is 4. The van der Waals surface area contributed by atoms with Crippen LogP contribution in [0.15, 0.2) is 0 Å². The second kappa shape index (κ2) is 4.57. The third-order valence-corrected chi connectivity index (χ3v) is 4.20. The second-order valence-corrected chi connectivity index (χ2v) is 5.53. The Kier molecular flexibility index (Phi) is 3.38. The largest absolute Gasteiger partial charge is 0.347 e. The van der Waals surface area contributed by atoms with Gasteiger partial charge in [0, 0.05) is 35.9 Å². The molecule has 0 atom stereocenters. The van der Waals surface area contributed by atoms with Crippen molar-refractivity contribution in [2.24, 2.45) is 0 Å². The number of piperidine rings is 1. The average Bonchev–Trinajstić information content (AvgIpc) is 2.67. The predicted octanol–water partition coefficient (Wildman–Crippen LogP) is 2.46. The smallest absolute Gasteiger partial charge is 0.205 e. The fraction of sp³-hybridized carbons (Fsp3) is 0.778. The van der Waals surface area contributed by atoms with Crippen molar-refractivity contribution >= 4 is 32.6 Å². The maximum atomic E-state index is 4.50. The molecular weight excluding hydrogens is 262 g/mol. The summed E-state index contributed by atoms with van der Waals surface area (Å²) < 4.78 is 4.31. The van der Waals surface area contributed by atoms with Gasteiger partial charge < -0.3 is 4.90 Å². The quantitative estimate of drug-likeness (QED) is 0.777. The zero-order valence-electron chi connectivity index (χ0n) is 8.24. The first-order chi connectivity index (χ1) is 6.79. The Hall–Kier alpha value is -0.160. The van der Waals surface area contributed by atoms with Crippen LogP contribution in [0.25, 0.3) is 0 Å². The van der Waals surface area contributed by atoms with Crippen molar-refractivity contribution in [3.63, 3.8) is 0 Å². The molecule has 0 unspecified atom stereocenters. The summed E-state index contributed by atoms with van der Waals surface area (Å²) in [7, 11) is 0. The molecule has 0 saturated carbocycles. The summed E-state index contributed by atoms with van der Waals surface area (Å²) in [5.41, 5.74) is 0. The SMILES string of the molecule is CCc1nsc(N2CCC(Br)CC2)n1. The van der Waals surface area contributed by atoms with Crippen LogP contribution >= 0.6 is 27.5 Å². The van der Waals surface area contributed by atoms with E-state index >= 15 is 0 Å². The Morgan fingerprint density at radius 3 is 2.79 bits per heavy atom. The van der Waals surface area contributed by atoms with Gasteiger partial charge in [0.1, 0.15) is 5.82 Å². The van der Waals surface area contributed by atoms with E-state index in [1.807, 2.05) is 0 Å². The highest BCUT2D eigenvalue weighted by Gasteiger charge is 2.19. The summed E-state index contributed by atoms with van der Waals surface area (Å²) in [6.45, 7) is 4.30. The number of aromatic nitrogens is 2. The average molecular weight is 276 g/mol. The van der Waals surface area contributed by atoms with Crippen LogP contribution in [0.2, 0.25) is 0 Å². The van der Waals surface area contributed by atoms with Crippen molar-refractivity contribution in [2.45, 2.75) is 31.0 Å². The molecule has 1 saturated heterocycles. The molecule has 1 fully saturated rings. The van der Waals surface area contributed by atoms with Crippen molar-refractivity contribution in [3.05, 3.63) is 5.82 Å². The lowest BCUT2D eigenvalue weighted by molar-refractivity contribution is 0.596. The minimum absolute atomic E-state index is 0.692. The van der Waals surface area contributed by atoms with E-state index in [1.54, 1.807) is 0 Å². The number of anilines is 1. The maximum Gasteiger partial charge on any atom is 0.205 e. The first-order valence-electron chi connectivity index (χ1n) is 5.01. The summed E-state index contributed by atoms with van der Waals surface area (Å²) in [5.74, 6) is 0.978. The highest BCUT2D eigenvalue weighted by atomic mass is 79.9. The Balaban J connectivity index is 2.01. The molecule has 0 bridgehead atoms. The molecule has 5 heteroatoms. The van der Waals surface area contributed by atoms with Crippen LogP contribution < -0.4 is 4.90 Å². The van der Waals surface area contributed by atoms with Gasteiger partial charge in [-0.05, 0) is 12.8 Å². The van der Waals surface area contributed by atoms with Gasteiger partial charge in [-0.2, -0.15) is 4.37 Å². The molecule has 0 aromatic carbocycles. The Morgan fingerprint density at radius 1 is 1.50 bits per heavy atom. The zero-order valence-corrected chi connectivity index (χ0v) is 10.6. The van der Waals surface area contributed by atoms with E-state index in [2.05, 4.69) is 37.1 Å². The maximum absolute atomic E-state index is 4.50. The number of nitrogens with zero attached hydrogens (tertiary/aromatic N) is 3. The molecule has 1 aliphatic heterocycles. The molecule has 0 N–H and O–H groups in total. The zero-order chi connectivity index (χ0) is 9.97. The third-order valence-electron chi connectivity index (χ3n) is 2.47. The van der Waals surface area contributed by atoms with Gasteiger partial charge in [0.2, 0.25) is 5.13 Å². The minimum atomic E-state index is 0.692. The van der Waals surface area contributed by atoms with E-state index in [4.69, 9.17) is 0 Å². The van der Waals surface area contributed by atoms with E-state index in [1.165, 1.54) is 24.4 Å². The lowest BCUT2D eigenvalue weighted by Crippen LogP contribution is -2.33. The molecule has 0 spiro atoms. The van der Waals surface area contributed by atoms with E-state index < -0.39 is 0 Å². The molecule has 1 aliphatic rings. The van der Waals surface area contributed by atoms with E-state index in [0.29, 0.717) is 4.83 Å². The number of alkyl halides is 1. The van der Waals surface area contributed by atoms with Gasteiger partial charge in [-0.15, -0.1) is 0 Å². The van der Waals surface area contributed by atoms with Crippen LogP contribution in [0.3, 0.4) is 0 Å². The molecule has 78 valence electrons. The van der Waals surface area contributed by atoms with Gasteiger partial charge in [0.15, 0.2) is 0 Å². The molecule has 1 aromatic heterocycles. The number of hydrogen-bond donors (Lipinski definition) is 0. The van der Waals surface area contributed by atoms with Gasteiger partial charge in [0.05, 0.1) is 0 Å². The fourth-order valence-electron chi connectivity index (χ4n) is 1.56. The minimum Gasteiger partial charge on any atom is -0.347 e. The number of halogens is 1. The Bertz CT molecular complexity index is 294. The molecular formula is C9H14BrN3S. The summed E-state index contributed by atoms with van der Waals surface area (Å²) in [6, 6.07) is 0. The lowest BCUT2D eigenvalue weighted by Gasteiger charge is -2.28. The van der Waals surface area contributed by atoms with Gasteiger partial charge in [0.25, 0.3) is 0 Å². The number of rotatable bonds is 2. The molecule has 3 nitrogen and oxygen atoms in total. The van der Waals surface area contributed by atoms with Crippen molar-refractivity contribution in [3.8, 4) is 0 Å². The normalized spacial score (nSPS) is 18.9. The fourth-order valence-corrected chi connectivity index (χ4v) is 2.77. The summed E-state index contributed by atoms with van der Waals surface area (Å²) >= 11 is 5.18. The van der Waals surface area contributed by atoms with Gasteiger partial charge in [-0.1, -0.05) is 22.9 Å². The van der Waals surface area contributed by atoms with Crippen LogP contribution in [-0.2, 0) is 6.42 Å². The van der Waals surface area contributed by atoms with E-state index in [9.17, 15) is 0 Å². The molecule has 0 amide bonds. The second-order valence-electron chi connectivity index (χ2n) is 3.51. The molecule has 0 radical (unpaired) electrons. The van der Waals surface area contributed by atoms with E-state index in [-0.39, 0.29) is 0 Å². The lowest BCUT2D eigenvalue weighted by atomic mass is 10.1. The van der Waals surface area contributed by atoms with Gasteiger partial charge in [-0.3, -0.25) is 0 Å². The summed E-state index contributed by atoms with van der Waals surface area (Å²) in [6.07, 6.45) is 3.35. The van der Waals surface area contributed by atoms with Crippen LogP contribution in [0.4, 0.5) is 5.13 Å². The van der Waals surface area contributed by atoms with Crippen molar-refractivity contribution in [2.75, 3.05) is 18.0 Å². The standard InChI is InChI=1S/C9H14BrN3S/c1-2-8-11-9(14-12-8)13-5-3-7(10)4-6-13/h7H,2-6H2,1H3.